The van der Waals surface area contributed by atoms with Crippen molar-refractivity contribution in [1.82, 2.24) is 0 Å². The van der Waals surface area contributed by atoms with Gasteiger partial charge in [0.05, 0.1) is 12.2 Å². The average molecular weight is 304 g/mol. The SMILES string of the molecule is C[C@@]12CC[C@@H]3[C@@]4(C)CCC[C@](C)(CO)[C@@H]4CC[C@]3(C1)[C@H]1O[C@H]12. The van der Waals surface area contributed by atoms with E-state index in [0.29, 0.717) is 35.1 Å². The highest BCUT2D eigenvalue weighted by Crippen LogP contribution is 2.77. The van der Waals surface area contributed by atoms with E-state index >= 15 is 0 Å². The van der Waals surface area contributed by atoms with Gasteiger partial charge in [0, 0.05) is 12.0 Å². The van der Waals surface area contributed by atoms with Crippen LogP contribution in [0, 0.1) is 33.5 Å². The van der Waals surface area contributed by atoms with Gasteiger partial charge in [0.2, 0.25) is 0 Å². The largest absolute Gasteiger partial charge is 0.396 e. The summed E-state index contributed by atoms with van der Waals surface area (Å²) in [6.45, 7) is 7.84. The molecular weight excluding hydrogens is 272 g/mol. The fraction of sp³-hybridized carbons (Fsp3) is 1.00. The van der Waals surface area contributed by atoms with E-state index in [4.69, 9.17) is 4.74 Å². The third kappa shape index (κ3) is 1.42. The van der Waals surface area contributed by atoms with E-state index in [9.17, 15) is 5.11 Å². The first-order valence-corrected chi connectivity index (χ1v) is 9.64. The molecule has 1 spiro atoms. The summed E-state index contributed by atoms with van der Waals surface area (Å²) in [6.07, 6.45) is 12.0. The van der Waals surface area contributed by atoms with Gasteiger partial charge >= 0.3 is 0 Å². The molecule has 8 atom stereocenters. The zero-order valence-corrected chi connectivity index (χ0v) is 14.5. The second kappa shape index (κ2) is 3.94. The third-order valence-corrected chi connectivity index (χ3v) is 9.33. The molecule has 0 unspecified atom stereocenters. The van der Waals surface area contributed by atoms with Crippen molar-refractivity contribution in [2.75, 3.05) is 6.61 Å². The predicted octanol–water partition coefficient (Wildman–Crippen LogP) is 4.16. The Labute approximate surface area is 135 Å². The first-order chi connectivity index (χ1) is 10.4. The number of aliphatic hydroxyl groups excluding tert-OH is 1. The van der Waals surface area contributed by atoms with Crippen LogP contribution < -0.4 is 0 Å². The van der Waals surface area contributed by atoms with Gasteiger partial charge in [0.15, 0.2) is 0 Å². The van der Waals surface area contributed by atoms with Gasteiger partial charge in [-0.3, -0.25) is 0 Å². The van der Waals surface area contributed by atoms with E-state index in [0.717, 1.165) is 11.8 Å². The smallest absolute Gasteiger partial charge is 0.0906 e. The quantitative estimate of drug-likeness (QED) is 0.738. The zero-order chi connectivity index (χ0) is 15.4. The van der Waals surface area contributed by atoms with E-state index in [1.807, 2.05) is 0 Å². The summed E-state index contributed by atoms with van der Waals surface area (Å²) in [5.41, 5.74) is 1.59. The second-order valence-electron chi connectivity index (χ2n) is 10.4. The minimum Gasteiger partial charge on any atom is -0.396 e. The van der Waals surface area contributed by atoms with Crippen LogP contribution in [0.4, 0.5) is 0 Å². The van der Waals surface area contributed by atoms with Crippen LogP contribution in [0.5, 0.6) is 0 Å². The summed E-state index contributed by atoms with van der Waals surface area (Å²) in [7, 11) is 0. The molecule has 0 radical (unpaired) electrons. The van der Waals surface area contributed by atoms with E-state index in [1.54, 1.807) is 0 Å². The van der Waals surface area contributed by atoms with Crippen molar-refractivity contribution in [3.8, 4) is 0 Å². The fourth-order valence-corrected chi connectivity index (χ4v) is 8.45. The van der Waals surface area contributed by atoms with Gasteiger partial charge in [-0.25, -0.2) is 0 Å². The van der Waals surface area contributed by atoms with Crippen LogP contribution in [0.2, 0.25) is 0 Å². The normalized spacial score (nSPS) is 65.5. The Kier molecular flexibility index (Phi) is 2.56. The molecule has 2 nitrogen and oxygen atoms in total. The number of epoxide rings is 1. The predicted molar refractivity (Wildman–Crippen MR) is 86.4 cm³/mol. The van der Waals surface area contributed by atoms with Crippen molar-refractivity contribution in [3.63, 3.8) is 0 Å². The monoisotopic (exact) mass is 304 g/mol. The highest BCUT2D eigenvalue weighted by atomic mass is 16.6. The number of fused-ring (bicyclic) bond motifs is 5. The Morgan fingerprint density at radius 2 is 1.73 bits per heavy atom. The van der Waals surface area contributed by atoms with Crippen molar-refractivity contribution in [3.05, 3.63) is 0 Å². The van der Waals surface area contributed by atoms with Crippen LogP contribution in [0.1, 0.15) is 72.1 Å². The Balaban J connectivity index is 1.57. The molecule has 2 heteroatoms. The van der Waals surface area contributed by atoms with Crippen LogP contribution in [0.25, 0.3) is 0 Å². The molecule has 0 aromatic rings. The van der Waals surface area contributed by atoms with Crippen molar-refractivity contribution in [1.29, 1.82) is 0 Å². The molecule has 1 heterocycles. The van der Waals surface area contributed by atoms with Gasteiger partial charge in [0.25, 0.3) is 0 Å². The lowest BCUT2D eigenvalue weighted by Gasteiger charge is -2.65. The van der Waals surface area contributed by atoms with Crippen molar-refractivity contribution in [2.24, 2.45) is 33.5 Å². The summed E-state index contributed by atoms with van der Waals surface area (Å²) in [5.74, 6) is 1.56. The van der Waals surface area contributed by atoms with Gasteiger partial charge in [-0.2, -0.15) is 0 Å². The van der Waals surface area contributed by atoms with Gasteiger partial charge in [-0.15, -0.1) is 0 Å². The number of ether oxygens (including phenoxy) is 1. The van der Waals surface area contributed by atoms with E-state index < -0.39 is 0 Å². The standard InChI is InChI=1S/C20H32O2/c1-17-9-5-14-19(3)8-4-7-18(2,12-21)13(19)6-10-20(14,11-17)16-15(17)22-16/h13-16,21H,4-12H2,1-3H3/t13-,14+,15+,16-,17+,18+,19-,20+/m0/s1. The molecule has 124 valence electrons. The Hall–Kier alpha value is -0.0800. The lowest BCUT2D eigenvalue weighted by atomic mass is 9.40. The lowest BCUT2D eigenvalue weighted by molar-refractivity contribution is -0.181. The maximum Gasteiger partial charge on any atom is 0.0906 e. The minimum absolute atomic E-state index is 0.164. The minimum atomic E-state index is 0.164. The first kappa shape index (κ1) is 14.3. The number of hydrogen-bond donors (Lipinski definition) is 1. The van der Waals surface area contributed by atoms with Crippen molar-refractivity contribution < 1.29 is 9.84 Å². The van der Waals surface area contributed by atoms with Gasteiger partial charge in [0.1, 0.15) is 0 Å². The molecule has 0 aromatic carbocycles. The number of hydrogen-bond acceptors (Lipinski definition) is 2. The second-order valence-corrected chi connectivity index (χ2v) is 10.4. The molecule has 2 bridgehead atoms. The Morgan fingerprint density at radius 3 is 2.50 bits per heavy atom. The highest BCUT2D eigenvalue weighted by Gasteiger charge is 2.77. The number of aliphatic hydroxyl groups is 1. The van der Waals surface area contributed by atoms with Crippen molar-refractivity contribution in [2.45, 2.75) is 84.3 Å². The highest BCUT2D eigenvalue weighted by molar-refractivity contribution is 5.25. The molecule has 1 aliphatic heterocycles. The summed E-state index contributed by atoms with van der Waals surface area (Å²) in [5, 5.41) is 10.1. The van der Waals surface area contributed by atoms with E-state index in [2.05, 4.69) is 20.8 Å². The van der Waals surface area contributed by atoms with E-state index in [1.165, 1.54) is 51.4 Å². The van der Waals surface area contributed by atoms with Crippen LogP contribution >= 0.6 is 0 Å². The molecule has 5 fully saturated rings. The Bertz CT molecular complexity index is 518. The zero-order valence-electron chi connectivity index (χ0n) is 14.5. The van der Waals surface area contributed by atoms with Crippen LogP contribution in [-0.2, 0) is 4.74 Å². The van der Waals surface area contributed by atoms with Gasteiger partial charge in [-0.05, 0) is 73.0 Å². The maximum absolute atomic E-state index is 10.1. The summed E-state index contributed by atoms with van der Waals surface area (Å²) < 4.78 is 6.24. The molecule has 4 aliphatic carbocycles. The van der Waals surface area contributed by atoms with Crippen molar-refractivity contribution >= 4 is 0 Å². The summed E-state index contributed by atoms with van der Waals surface area (Å²) in [4.78, 5) is 0. The Morgan fingerprint density at radius 1 is 0.955 bits per heavy atom. The van der Waals surface area contributed by atoms with Crippen LogP contribution in [-0.4, -0.2) is 23.9 Å². The molecule has 0 amide bonds. The fourth-order valence-electron chi connectivity index (χ4n) is 8.45. The van der Waals surface area contributed by atoms with Crippen LogP contribution in [0.3, 0.4) is 0 Å². The number of rotatable bonds is 1. The molecular formula is C20H32O2. The molecule has 1 saturated heterocycles. The molecule has 4 saturated carbocycles. The molecule has 1 N–H and O–H groups in total. The maximum atomic E-state index is 10.1. The first-order valence-electron chi connectivity index (χ1n) is 9.64. The van der Waals surface area contributed by atoms with Gasteiger partial charge in [-0.1, -0.05) is 27.2 Å². The van der Waals surface area contributed by atoms with Gasteiger partial charge < -0.3 is 9.84 Å². The third-order valence-electron chi connectivity index (χ3n) is 9.33. The summed E-state index contributed by atoms with van der Waals surface area (Å²) >= 11 is 0. The topological polar surface area (TPSA) is 32.8 Å². The molecule has 5 rings (SSSR count). The average Bonchev–Trinajstić information content (AvgIpc) is 3.25. The molecule has 5 aliphatic rings. The van der Waals surface area contributed by atoms with E-state index in [-0.39, 0.29) is 5.41 Å². The summed E-state index contributed by atoms with van der Waals surface area (Å²) in [6, 6.07) is 0. The molecule has 22 heavy (non-hydrogen) atoms. The molecule has 0 aromatic heterocycles. The lowest BCUT2D eigenvalue weighted by Crippen LogP contribution is -2.59. The van der Waals surface area contributed by atoms with Crippen LogP contribution in [0.15, 0.2) is 0 Å².